The third-order valence-electron chi connectivity index (χ3n) is 4.05. The number of fused-ring (bicyclic) bond motifs is 2. The van der Waals surface area contributed by atoms with Crippen LogP contribution in [0.25, 0.3) is 5.57 Å². The summed E-state index contributed by atoms with van der Waals surface area (Å²) in [5.74, 6) is 0. The number of pyridine rings is 1. The number of nitriles is 1. The number of carbonyl (C=O) groups is 1. The summed E-state index contributed by atoms with van der Waals surface area (Å²) in [5, 5.41) is 9.02. The molecule has 126 valence electrons. The fraction of sp³-hybridized carbons (Fsp3) is 0.500. The number of rotatable bonds is 1. The van der Waals surface area contributed by atoms with E-state index in [0.717, 1.165) is 11.1 Å². The van der Waals surface area contributed by atoms with Crippen LogP contribution in [-0.2, 0) is 9.47 Å². The molecule has 2 atom stereocenters. The molecule has 0 saturated carbocycles. The zero-order valence-corrected chi connectivity index (χ0v) is 14.2. The number of carbonyl (C=O) groups excluding carboxylic acids is 1. The summed E-state index contributed by atoms with van der Waals surface area (Å²) < 4.78 is 11.2. The highest BCUT2D eigenvalue weighted by Crippen LogP contribution is 2.33. The Hall–Kier alpha value is -2.39. The highest BCUT2D eigenvalue weighted by atomic mass is 16.6. The summed E-state index contributed by atoms with van der Waals surface area (Å²) in [6, 6.07) is 5.53. The topological polar surface area (TPSA) is 75.5 Å². The number of ether oxygens (including phenoxy) is 2. The zero-order valence-electron chi connectivity index (χ0n) is 14.2. The predicted octanol–water partition coefficient (Wildman–Crippen LogP) is 2.74. The average Bonchev–Trinajstić information content (AvgIpc) is 2.52. The minimum absolute atomic E-state index is 0.0581. The number of amides is 1. The summed E-state index contributed by atoms with van der Waals surface area (Å²) >= 11 is 0. The first kappa shape index (κ1) is 16.5. The first-order chi connectivity index (χ1) is 11.4. The molecule has 0 aromatic carbocycles. The number of morpholine rings is 1. The molecular formula is C18H21N3O3. The van der Waals surface area contributed by atoms with Crippen LogP contribution in [0.2, 0.25) is 0 Å². The van der Waals surface area contributed by atoms with Gasteiger partial charge in [-0.15, -0.1) is 0 Å². The lowest BCUT2D eigenvalue weighted by atomic mass is 9.90. The summed E-state index contributed by atoms with van der Waals surface area (Å²) in [4.78, 5) is 18.3. The summed E-state index contributed by atoms with van der Waals surface area (Å²) in [5.41, 5.74) is 1.96. The van der Waals surface area contributed by atoms with Crippen LogP contribution >= 0.6 is 0 Å². The largest absolute Gasteiger partial charge is 0.444 e. The Morgan fingerprint density at radius 1 is 1.46 bits per heavy atom. The molecule has 6 heteroatoms. The maximum Gasteiger partial charge on any atom is 0.411 e. The second-order valence-electron chi connectivity index (χ2n) is 7.08. The van der Waals surface area contributed by atoms with Gasteiger partial charge in [0, 0.05) is 6.20 Å². The van der Waals surface area contributed by atoms with Gasteiger partial charge in [-0.2, -0.15) is 5.26 Å². The molecule has 1 saturated heterocycles. The number of hydrogen-bond donors (Lipinski definition) is 0. The van der Waals surface area contributed by atoms with Crippen molar-refractivity contribution in [1.29, 1.82) is 5.26 Å². The molecule has 0 spiro atoms. The Kier molecular flexibility index (Phi) is 4.29. The summed E-state index contributed by atoms with van der Waals surface area (Å²) in [6.07, 6.45) is 4.05. The summed E-state index contributed by atoms with van der Waals surface area (Å²) in [6.45, 7) is 6.53. The van der Waals surface area contributed by atoms with Gasteiger partial charge in [-0.3, -0.25) is 4.90 Å². The van der Waals surface area contributed by atoms with Crippen LogP contribution < -0.4 is 0 Å². The third-order valence-corrected chi connectivity index (χ3v) is 4.05. The molecule has 3 rings (SSSR count). The van der Waals surface area contributed by atoms with Crippen molar-refractivity contribution in [3.05, 3.63) is 35.7 Å². The lowest BCUT2D eigenvalue weighted by molar-refractivity contribution is -0.0510. The lowest BCUT2D eigenvalue weighted by Gasteiger charge is -2.44. The molecule has 2 aliphatic heterocycles. The van der Waals surface area contributed by atoms with Gasteiger partial charge < -0.3 is 9.47 Å². The number of nitrogens with zero attached hydrogens (tertiary/aromatic N) is 3. The van der Waals surface area contributed by atoms with Crippen molar-refractivity contribution in [2.75, 3.05) is 13.2 Å². The maximum atomic E-state index is 12.5. The Labute approximate surface area is 141 Å². The van der Waals surface area contributed by atoms with Crippen molar-refractivity contribution in [2.24, 2.45) is 0 Å². The zero-order chi connectivity index (χ0) is 17.3. The fourth-order valence-corrected chi connectivity index (χ4v) is 3.10. The summed E-state index contributed by atoms with van der Waals surface area (Å²) in [7, 11) is 0. The van der Waals surface area contributed by atoms with Crippen molar-refractivity contribution >= 4 is 11.7 Å². The molecule has 1 aromatic heterocycles. The highest BCUT2D eigenvalue weighted by Gasteiger charge is 2.40. The minimum Gasteiger partial charge on any atom is -0.444 e. The second-order valence-corrected chi connectivity index (χ2v) is 7.08. The van der Waals surface area contributed by atoms with Gasteiger partial charge in [0.05, 0.1) is 25.3 Å². The average molecular weight is 327 g/mol. The van der Waals surface area contributed by atoms with Crippen molar-refractivity contribution < 1.29 is 14.3 Å². The van der Waals surface area contributed by atoms with Gasteiger partial charge in [0.25, 0.3) is 0 Å². The van der Waals surface area contributed by atoms with E-state index >= 15 is 0 Å². The molecule has 1 amide bonds. The van der Waals surface area contributed by atoms with E-state index in [1.807, 2.05) is 32.9 Å². The quantitative estimate of drug-likeness (QED) is 0.793. The van der Waals surface area contributed by atoms with Gasteiger partial charge in [-0.05, 0) is 50.5 Å². The van der Waals surface area contributed by atoms with Gasteiger partial charge in [0.1, 0.15) is 17.4 Å². The normalized spacial score (nSPS) is 23.2. The Morgan fingerprint density at radius 3 is 2.92 bits per heavy atom. The molecule has 0 N–H and O–H groups in total. The molecule has 0 aliphatic carbocycles. The van der Waals surface area contributed by atoms with E-state index in [9.17, 15) is 4.79 Å². The number of aromatic nitrogens is 1. The molecule has 24 heavy (non-hydrogen) atoms. The minimum atomic E-state index is -0.525. The molecule has 3 heterocycles. The molecule has 2 unspecified atom stereocenters. The first-order valence-electron chi connectivity index (χ1n) is 8.03. The second kappa shape index (κ2) is 6.25. The number of hydrogen-bond acceptors (Lipinski definition) is 5. The van der Waals surface area contributed by atoms with Gasteiger partial charge >= 0.3 is 6.09 Å². The SMILES string of the molecule is CC(C)(C)OC(=O)N1C2C=C(c3ccnc(C#N)c3)CC1COC2. The smallest absolute Gasteiger partial charge is 0.411 e. The molecule has 6 nitrogen and oxygen atoms in total. The van der Waals surface area contributed by atoms with Crippen molar-refractivity contribution in [3.63, 3.8) is 0 Å². The van der Waals surface area contributed by atoms with E-state index in [4.69, 9.17) is 14.7 Å². The van der Waals surface area contributed by atoms with Crippen LogP contribution in [0.5, 0.6) is 0 Å². The maximum absolute atomic E-state index is 12.5. The van der Waals surface area contributed by atoms with E-state index in [2.05, 4.69) is 11.1 Å². The van der Waals surface area contributed by atoms with Crippen LogP contribution in [0.1, 0.15) is 38.4 Å². The van der Waals surface area contributed by atoms with E-state index in [1.54, 1.807) is 17.2 Å². The van der Waals surface area contributed by atoms with Crippen LogP contribution in [-0.4, -0.2) is 46.9 Å². The van der Waals surface area contributed by atoms with Crippen molar-refractivity contribution in [3.8, 4) is 6.07 Å². The first-order valence-corrected chi connectivity index (χ1v) is 8.03. The van der Waals surface area contributed by atoms with Gasteiger partial charge in [0.2, 0.25) is 0 Å². The molecule has 1 aromatic rings. The van der Waals surface area contributed by atoms with E-state index in [0.29, 0.717) is 25.3 Å². The van der Waals surface area contributed by atoms with Crippen LogP contribution in [0.15, 0.2) is 24.4 Å². The van der Waals surface area contributed by atoms with Crippen LogP contribution in [0.4, 0.5) is 4.79 Å². The Bertz CT molecular complexity index is 715. The lowest BCUT2D eigenvalue weighted by Crippen LogP contribution is -2.57. The molecule has 0 radical (unpaired) electrons. The van der Waals surface area contributed by atoms with Crippen molar-refractivity contribution in [2.45, 2.75) is 44.9 Å². The van der Waals surface area contributed by atoms with E-state index < -0.39 is 5.60 Å². The van der Waals surface area contributed by atoms with Gasteiger partial charge in [-0.25, -0.2) is 9.78 Å². The van der Waals surface area contributed by atoms with E-state index in [1.165, 1.54) is 0 Å². The van der Waals surface area contributed by atoms with E-state index in [-0.39, 0.29) is 18.2 Å². The third kappa shape index (κ3) is 3.41. The molecule has 2 aliphatic rings. The van der Waals surface area contributed by atoms with Gasteiger partial charge in [-0.1, -0.05) is 6.08 Å². The standard InChI is InChI=1S/C18H21N3O3/c1-18(2,3)24-17(22)21-15-7-13(8-16(21)11-23-10-15)12-4-5-20-14(6-12)9-19/h4-7,15-16H,8,10-11H2,1-3H3. The highest BCUT2D eigenvalue weighted by molar-refractivity contribution is 5.75. The molecule has 2 bridgehead atoms. The Morgan fingerprint density at radius 2 is 2.25 bits per heavy atom. The fourth-order valence-electron chi connectivity index (χ4n) is 3.10. The van der Waals surface area contributed by atoms with Gasteiger partial charge in [0.15, 0.2) is 0 Å². The van der Waals surface area contributed by atoms with Crippen molar-refractivity contribution in [1.82, 2.24) is 9.88 Å². The predicted molar refractivity (Wildman–Crippen MR) is 88.0 cm³/mol. The van der Waals surface area contributed by atoms with Crippen LogP contribution in [0, 0.1) is 11.3 Å². The van der Waals surface area contributed by atoms with Crippen LogP contribution in [0.3, 0.4) is 0 Å². The monoisotopic (exact) mass is 327 g/mol. The Balaban J connectivity index is 1.87. The molecule has 1 fully saturated rings. The molecular weight excluding hydrogens is 306 g/mol.